The van der Waals surface area contributed by atoms with Gasteiger partial charge in [-0.05, 0) is 89.4 Å². The second kappa shape index (κ2) is 12.8. The van der Waals surface area contributed by atoms with E-state index in [0.29, 0.717) is 55.8 Å². The number of rotatable bonds is 11. The van der Waals surface area contributed by atoms with Gasteiger partial charge in [-0.1, -0.05) is 47.1 Å². The highest BCUT2D eigenvalue weighted by atomic mass is 79.9. The molecule has 0 aliphatic carbocycles. The molecular formula is C26H23BrCl2N4O4S. The number of hydrogen-bond acceptors (Lipinski definition) is 7. The van der Waals surface area contributed by atoms with Crippen LogP contribution in [0, 0.1) is 17.0 Å². The molecule has 1 heterocycles. The fourth-order valence-electron chi connectivity index (χ4n) is 3.69. The van der Waals surface area contributed by atoms with Gasteiger partial charge in [-0.3, -0.25) is 14.7 Å². The van der Waals surface area contributed by atoms with E-state index >= 15 is 0 Å². The van der Waals surface area contributed by atoms with Crippen LogP contribution in [0.3, 0.4) is 0 Å². The van der Waals surface area contributed by atoms with E-state index < -0.39 is 5.25 Å². The average molecular weight is 638 g/mol. The summed E-state index contributed by atoms with van der Waals surface area (Å²) < 4.78 is 14.4. The van der Waals surface area contributed by atoms with Crippen LogP contribution in [0.15, 0.2) is 70.3 Å². The summed E-state index contributed by atoms with van der Waals surface area (Å²) in [4.78, 5) is 11.3. The quantitative estimate of drug-likeness (QED) is 0.0943. The van der Waals surface area contributed by atoms with Crippen molar-refractivity contribution in [3.63, 3.8) is 0 Å². The summed E-state index contributed by atoms with van der Waals surface area (Å²) in [5.41, 5.74) is 2.43. The van der Waals surface area contributed by atoms with Crippen LogP contribution in [-0.2, 0) is 6.61 Å². The predicted molar refractivity (Wildman–Crippen MR) is 153 cm³/mol. The van der Waals surface area contributed by atoms with E-state index in [4.69, 9.17) is 32.7 Å². The lowest BCUT2D eigenvalue weighted by Gasteiger charge is -2.19. The van der Waals surface area contributed by atoms with Crippen LogP contribution in [0.2, 0.25) is 10.0 Å². The van der Waals surface area contributed by atoms with Crippen LogP contribution in [0.25, 0.3) is 5.69 Å². The summed E-state index contributed by atoms with van der Waals surface area (Å²) in [7, 11) is 0. The van der Waals surface area contributed by atoms with E-state index in [9.17, 15) is 10.1 Å². The maximum atomic E-state index is 11.7. The zero-order valence-electron chi connectivity index (χ0n) is 20.4. The second-order valence-electron chi connectivity index (χ2n) is 8.14. The van der Waals surface area contributed by atoms with Gasteiger partial charge in [0.25, 0.3) is 0 Å². The molecule has 0 unspecified atom stereocenters. The number of thioether (sulfide) groups is 1. The molecule has 0 radical (unpaired) electrons. The van der Waals surface area contributed by atoms with Crippen LogP contribution in [0.4, 0.5) is 0 Å². The normalized spacial score (nSPS) is 11.8. The van der Waals surface area contributed by atoms with Gasteiger partial charge in [0.15, 0.2) is 16.7 Å². The summed E-state index contributed by atoms with van der Waals surface area (Å²) in [5.74, 6) is 1.64. The molecule has 8 nitrogen and oxygen atoms in total. The highest BCUT2D eigenvalue weighted by molar-refractivity contribution is 9.10. The number of aromatic nitrogens is 3. The van der Waals surface area contributed by atoms with Crippen molar-refractivity contribution in [2.45, 2.75) is 30.9 Å². The first-order chi connectivity index (χ1) is 18.2. The third-order valence-electron chi connectivity index (χ3n) is 5.44. The Hall–Kier alpha value is -2.79. The highest BCUT2D eigenvalue weighted by Gasteiger charge is 2.26. The van der Waals surface area contributed by atoms with Crippen molar-refractivity contribution in [1.29, 1.82) is 0 Å². The SMILES string of the molecule is CCOc1cc([C@@H](C[N+](=O)[O-])Sc2nnc(C)n2-c2ccc(Cl)cc2)cc(Br)c1OCc1ccc(Cl)cc1. The van der Waals surface area contributed by atoms with Crippen molar-refractivity contribution < 1.29 is 14.4 Å². The Labute approximate surface area is 242 Å². The van der Waals surface area contributed by atoms with Gasteiger partial charge < -0.3 is 9.47 Å². The molecule has 1 atom stereocenters. The number of hydrogen-bond donors (Lipinski definition) is 0. The van der Waals surface area contributed by atoms with E-state index in [1.54, 1.807) is 30.3 Å². The first-order valence-electron chi connectivity index (χ1n) is 11.5. The van der Waals surface area contributed by atoms with E-state index in [1.807, 2.05) is 48.7 Å². The Balaban J connectivity index is 1.66. The molecule has 4 aromatic rings. The topological polar surface area (TPSA) is 92.3 Å². The van der Waals surface area contributed by atoms with Crippen LogP contribution >= 0.6 is 50.9 Å². The average Bonchev–Trinajstić information content (AvgIpc) is 3.24. The summed E-state index contributed by atoms with van der Waals surface area (Å²) in [6.45, 7) is 4.05. The highest BCUT2D eigenvalue weighted by Crippen LogP contribution is 2.43. The van der Waals surface area contributed by atoms with Gasteiger partial charge >= 0.3 is 0 Å². The molecule has 3 aromatic carbocycles. The lowest BCUT2D eigenvalue weighted by molar-refractivity contribution is -0.479. The number of aryl methyl sites for hydroxylation is 1. The molecule has 0 bridgehead atoms. The van der Waals surface area contributed by atoms with Gasteiger partial charge in [-0.15, -0.1) is 10.2 Å². The van der Waals surface area contributed by atoms with Gasteiger partial charge in [0, 0.05) is 20.7 Å². The van der Waals surface area contributed by atoms with Gasteiger partial charge in [0.05, 0.1) is 11.1 Å². The van der Waals surface area contributed by atoms with Crippen molar-refractivity contribution >= 4 is 50.9 Å². The Kier molecular flexibility index (Phi) is 9.54. The Bertz CT molecular complexity index is 1420. The number of ether oxygens (including phenoxy) is 2. The molecule has 0 aliphatic rings. The Morgan fingerprint density at radius 2 is 1.71 bits per heavy atom. The number of nitrogens with zero attached hydrogens (tertiary/aromatic N) is 4. The molecule has 38 heavy (non-hydrogen) atoms. The van der Waals surface area contributed by atoms with Crippen molar-refractivity contribution in [1.82, 2.24) is 14.8 Å². The third-order valence-corrected chi connectivity index (χ3v) is 7.72. The maximum absolute atomic E-state index is 11.7. The molecule has 1 aromatic heterocycles. The van der Waals surface area contributed by atoms with E-state index in [-0.39, 0.29) is 11.5 Å². The van der Waals surface area contributed by atoms with E-state index in [0.717, 1.165) is 11.3 Å². The van der Waals surface area contributed by atoms with Crippen LogP contribution in [0.5, 0.6) is 11.5 Å². The van der Waals surface area contributed by atoms with Gasteiger partial charge in [-0.25, -0.2) is 0 Å². The largest absolute Gasteiger partial charge is 0.490 e. The summed E-state index contributed by atoms with van der Waals surface area (Å²) >= 11 is 16.9. The molecule has 0 amide bonds. The molecular weight excluding hydrogens is 615 g/mol. The summed E-state index contributed by atoms with van der Waals surface area (Å²) in [6, 6.07) is 18.2. The minimum Gasteiger partial charge on any atom is -0.490 e. The first kappa shape index (κ1) is 28.2. The molecule has 4 rings (SSSR count). The lowest BCUT2D eigenvalue weighted by Crippen LogP contribution is -2.12. The van der Waals surface area contributed by atoms with Crippen LogP contribution < -0.4 is 9.47 Å². The number of benzene rings is 3. The zero-order chi connectivity index (χ0) is 27.2. The van der Waals surface area contributed by atoms with Crippen LogP contribution in [0.1, 0.15) is 29.1 Å². The minimum atomic E-state index is -0.583. The smallest absolute Gasteiger partial charge is 0.220 e. The van der Waals surface area contributed by atoms with Crippen molar-refractivity contribution in [2.75, 3.05) is 13.2 Å². The van der Waals surface area contributed by atoms with Crippen molar-refractivity contribution in [3.8, 4) is 17.2 Å². The van der Waals surface area contributed by atoms with Gasteiger partial charge in [0.2, 0.25) is 6.54 Å². The van der Waals surface area contributed by atoms with Crippen molar-refractivity contribution in [2.24, 2.45) is 0 Å². The molecule has 12 heteroatoms. The molecule has 0 saturated carbocycles. The Morgan fingerprint density at radius 1 is 1.05 bits per heavy atom. The Morgan fingerprint density at radius 3 is 2.34 bits per heavy atom. The fourth-order valence-corrected chi connectivity index (χ4v) is 5.67. The lowest BCUT2D eigenvalue weighted by atomic mass is 10.1. The maximum Gasteiger partial charge on any atom is 0.220 e. The number of halogens is 3. The third kappa shape index (κ3) is 6.99. The predicted octanol–water partition coefficient (Wildman–Crippen LogP) is 7.73. The number of nitro groups is 1. The van der Waals surface area contributed by atoms with E-state index in [1.165, 1.54) is 11.8 Å². The second-order valence-corrected chi connectivity index (χ2v) is 11.0. The minimum absolute atomic E-state index is 0.297. The first-order valence-corrected chi connectivity index (χ1v) is 14.0. The van der Waals surface area contributed by atoms with E-state index in [2.05, 4.69) is 26.1 Å². The fraction of sp³-hybridized carbons (Fsp3) is 0.231. The summed E-state index contributed by atoms with van der Waals surface area (Å²) in [6.07, 6.45) is 0. The molecule has 0 fully saturated rings. The van der Waals surface area contributed by atoms with Gasteiger partial charge in [-0.2, -0.15) is 0 Å². The monoisotopic (exact) mass is 636 g/mol. The van der Waals surface area contributed by atoms with Crippen LogP contribution in [-0.4, -0.2) is 32.8 Å². The molecule has 0 saturated heterocycles. The summed E-state index contributed by atoms with van der Waals surface area (Å²) in [5, 5.41) is 21.4. The molecule has 0 N–H and O–H groups in total. The van der Waals surface area contributed by atoms with Gasteiger partial charge in [0.1, 0.15) is 17.7 Å². The standard InChI is InChI=1S/C26H23BrCl2N4O4S/c1-3-36-23-13-18(12-22(27)25(23)37-15-17-4-6-19(28)7-5-17)24(14-32(34)35)38-26-31-30-16(2)33(26)21-10-8-20(29)9-11-21/h4-13,24H,3,14-15H2,1-2H3/t24-/m1/s1. The molecule has 0 spiro atoms. The molecule has 198 valence electrons. The van der Waals surface area contributed by atoms with Crippen molar-refractivity contribution in [3.05, 3.63) is 102 Å². The molecule has 0 aliphatic heterocycles. The zero-order valence-corrected chi connectivity index (χ0v) is 24.4.